The Balaban J connectivity index is 1.72. The van der Waals surface area contributed by atoms with E-state index in [1.54, 1.807) is 10.4 Å². The van der Waals surface area contributed by atoms with Crippen LogP contribution in [0.5, 0.6) is 0 Å². The zero-order valence-corrected chi connectivity index (χ0v) is 9.98. The van der Waals surface area contributed by atoms with E-state index in [9.17, 15) is 0 Å². The lowest BCUT2D eigenvalue weighted by molar-refractivity contribution is 0.399. The highest BCUT2D eigenvalue weighted by Gasteiger charge is 2.24. The van der Waals surface area contributed by atoms with Crippen molar-refractivity contribution in [1.29, 1.82) is 0 Å². The summed E-state index contributed by atoms with van der Waals surface area (Å²) in [5.41, 5.74) is 1.61. The van der Waals surface area contributed by atoms with Crippen LogP contribution >= 0.6 is 11.3 Å². The first-order valence-electron chi connectivity index (χ1n) is 6.26. The average molecular weight is 221 g/mol. The molecule has 1 atom stereocenters. The molecule has 0 radical (unpaired) electrons. The Hall–Kier alpha value is -0.340. The third kappa shape index (κ3) is 1.98. The van der Waals surface area contributed by atoms with Gasteiger partial charge in [0.25, 0.3) is 0 Å². The third-order valence-electron chi connectivity index (χ3n) is 3.84. The number of aryl methyl sites for hydroxylation is 1. The predicted molar refractivity (Wildman–Crippen MR) is 65.4 cm³/mol. The van der Waals surface area contributed by atoms with Crippen LogP contribution in [0.1, 0.15) is 55.0 Å². The van der Waals surface area contributed by atoms with Gasteiger partial charge in [-0.2, -0.15) is 0 Å². The van der Waals surface area contributed by atoms with E-state index < -0.39 is 0 Å². The smallest absolute Gasteiger partial charge is 0.0333 e. The Morgan fingerprint density at radius 2 is 2.00 bits per heavy atom. The fourth-order valence-corrected chi connectivity index (χ4v) is 4.02. The molecule has 15 heavy (non-hydrogen) atoms. The van der Waals surface area contributed by atoms with E-state index in [0.717, 1.165) is 6.04 Å². The van der Waals surface area contributed by atoms with Crippen molar-refractivity contribution in [2.24, 2.45) is 0 Å². The predicted octanol–water partition coefficient (Wildman–Crippen LogP) is 3.66. The first kappa shape index (κ1) is 9.86. The average Bonchev–Trinajstić information content (AvgIpc) is 2.87. The molecule has 1 aromatic heterocycles. The van der Waals surface area contributed by atoms with Crippen LogP contribution in [0.15, 0.2) is 11.4 Å². The van der Waals surface area contributed by atoms with E-state index in [2.05, 4.69) is 16.8 Å². The van der Waals surface area contributed by atoms with Crippen LogP contribution < -0.4 is 5.32 Å². The van der Waals surface area contributed by atoms with Gasteiger partial charge >= 0.3 is 0 Å². The molecule has 2 heteroatoms. The maximum absolute atomic E-state index is 3.87. The number of fused-ring (bicyclic) bond motifs is 1. The van der Waals surface area contributed by atoms with E-state index in [0.29, 0.717) is 6.04 Å². The third-order valence-corrected chi connectivity index (χ3v) is 4.84. The summed E-state index contributed by atoms with van der Waals surface area (Å²) < 4.78 is 0. The minimum Gasteiger partial charge on any atom is -0.307 e. The summed E-state index contributed by atoms with van der Waals surface area (Å²) >= 11 is 1.95. The van der Waals surface area contributed by atoms with Gasteiger partial charge in [-0.1, -0.05) is 12.8 Å². The fraction of sp³-hybridized carbons (Fsp3) is 0.692. The van der Waals surface area contributed by atoms with Gasteiger partial charge in [-0.15, -0.1) is 11.3 Å². The summed E-state index contributed by atoms with van der Waals surface area (Å²) in [6.45, 7) is 0. The number of rotatable bonds is 2. The highest BCUT2D eigenvalue weighted by Crippen LogP contribution is 2.34. The van der Waals surface area contributed by atoms with Gasteiger partial charge in [-0.25, -0.2) is 0 Å². The molecule has 0 spiro atoms. The van der Waals surface area contributed by atoms with Gasteiger partial charge in [-0.3, -0.25) is 0 Å². The summed E-state index contributed by atoms with van der Waals surface area (Å²) in [4.78, 5) is 1.64. The molecular formula is C13H19NS. The molecule has 1 nitrogen and oxygen atoms in total. The second kappa shape index (κ2) is 4.26. The molecule has 3 rings (SSSR count). The minimum absolute atomic E-state index is 0.670. The Kier molecular flexibility index (Phi) is 2.80. The second-order valence-corrected chi connectivity index (χ2v) is 5.89. The van der Waals surface area contributed by atoms with Crippen LogP contribution in [0.3, 0.4) is 0 Å². The van der Waals surface area contributed by atoms with Crippen LogP contribution in [-0.4, -0.2) is 6.04 Å². The van der Waals surface area contributed by atoms with Crippen LogP contribution in [0.2, 0.25) is 0 Å². The molecule has 1 aromatic rings. The van der Waals surface area contributed by atoms with E-state index >= 15 is 0 Å². The van der Waals surface area contributed by atoms with Crippen molar-refractivity contribution in [3.63, 3.8) is 0 Å². The number of nitrogens with one attached hydrogen (secondary N) is 1. The monoisotopic (exact) mass is 221 g/mol. The highest BCUT2D eigenvalue weighted by molar-refractivity contribution is 7.10. The normalized spacial score (nSPS) is 26.8. The Morgan fingerprint density at radius 1 is 1.13 bits per heavy atom. The van der Waals surface area contributed by atoms with Crippen LogP contribution in [0, 0.1) is 0 Å². The SMILES string of the molecule is c1cc2c(s1)CCCC2NC1CCCC1. The van der Waals surface area contributed by atoms with E-state index in [1.807, 2.05) is 11.3 Å². The summed E-state index contributed by atoms with van der Waals surface area (Å²) in [6, 6.07) is 3.81. The van der Waals surface area contributed by atoms with E-state index in [4.69, 9.17) is 0 Å². The minimum atomic E-state index is 0.670. The molecule has 1 saturated carbocycles. The Morgan fingerprint density at radius 3 is 2.87 bits per heavy atom. The quantitative estimate of drug-likeness (QED) is 0.803. The topological polar surface area (TPSA) is 12.0 Å². The molecule has 2 aliphatic rings. The van der Waals surface area contributed by atoms with Gasteiger partial charge in [0.2, 0.25) is 0 Å². The van der Waals surface area contributed by atoms with Crippen molar-refractivity contribution >= 4 is 11.3 Å². The largest absolute Gasteiger partial charge is 0.307 e. The summed E-state index contributed by atoms with van der Waals surface area (Å²) in [5, 5.41) is 6.13. The molecule has 0 aromatic carbocycles. The molecule has 1 heterocycles. The molecule has 0 bridgehead atoms. The van der Waals surface area contributed by atoms with Gasteiger partial charge in [0.1, 0.15) is 0 Å². The maximum Gasteiger partial charge on any atom is 0.0333 e. The standard InChI is InChI=1S/C13H19NS/c1-2-5-10(4-1)14-12-6-3-7-13-11(12)8-9-15-13/h8-10,12,14H,1-7H2. The number of hydrogen-bond acceptors (Lipinski definition) is 2. The van der Waals surface area contributed by atoms with Crippen molar-refractivity contribution in [3.8, 4) is 0 Å². The lowest BCUT2D eigenvalue weighted by atomic mass is 9.93. The maximum atomic E-state index is 3.87. The zero-order chi connectivity index (χ0) is 10.1. The first-order chi connectivity index (χ1) is 7.43. The number of hydrogen-bond donors (Lipinski definition) is 1. The molecule has 82 valence electrons. The molecule has 0 aliphatic heterocycles. The van der Waals surface area contributed by atoms with Gasteiger partial charge in [0.05, 0.1) is 0 Å². The van der Waals surface area contributed by atoms with Gasteiger partial charge in [0, 0.05) is 17.0 Å². The molecule has 1 unspecified atom stereocenters. The molecule has 1 N–H and O–H groups in total. The lowest BCUT2D eigenvalue weighted by Gasteiger charge is -2.27. The lowest BCUT2D eigenvalue weighted by Crippen LogP contribution is -2.32. The van der Waals surface area contributed by atoms with Crippen LogP contribution in [0.4, 0.5) is 0 Å². The second-order valence-electron chi connectivity index (χ2n) is 4.89. The van der Waals surface area contributed by atoms with Crippen molar-refractivity contribution in [2.75, 3.05) is 0 Å². The van der Waals surface area contributed by atoms with Gasteiger partial charge in [0.15, 0.2) is 0 Å². The molecule has 2 aliphatic carbocycles. The molecule has 1 fully saturated rings. The van der Waals surface area contributed by atoms with Crippen LogP contribution in [0.25, 0.3) is 0 Å². The number of thiophene rings is 1. The van der Waals surface area contributed by atoms with Crippen molar-refractivity contribution in [2.45, 2.75) is 57.0 Å². The van der Waals surface area contributed by atoms with E-state index in [-0.39, 0.29) is 0 Å². The van der Waals surface area contributed by atoms with Gasteiger partial charge in [-0.05, 0) is 49.1 Å². The molecular weight excluding hydrogens is 202 g/mol. The van der Waals surface area contributed by atoms with Gasteiger partial charge < -0.3 is 5.32 Å². The first-order valence-corrected chi connectivity index (χ1v) is 7.14. The summed E-state index contributed by atoms with van der Waals surface area (Å²) in [7, 11) is 0. The van der Waals surface area contributed by atoms with Crippen molar-refractivity contribution in [3.05, 3.63) is 21.9 Å². The summed E-state index contributed by atoms with van der Waals surface area (Å²) in [6.07, 6.45) is 9.70. The summed E-state index contributed by atoms with van der Waals surface area (Å²) in [5.74, 6) is 0. The Bertz CT molecular complexity index is 325. The van der Waals surface area contributed by atoms with Crippen molar-refractivity contribution in [1.82, 2.24) is 5.32 Å². The van der Waals surface area contributed by atoms with Crippen molar-refractivity contribution < 1.29 is 0 Å². The fourth-order valence-electron chi connectivity index (χ4n) is 3.04. The zero-order valence-electron chi connectivity index (χ0n) is 9.17. The Labute approximate surface area is 95.9 Å². The van der Waals surface area contributed by atoms with E-state index in [1.165, 1.54) is 44.9 Å². The highest BCUT2D eigenvalue weighted by atomic mass is 32.1. The molecule has 0 saturated heterocycles. The van der Waals surface area contributed by atoms with Crippen LogP contribution in [-0.2, 0) is 6.42 Å². The molecule has 0 amide bonds.